The zero-order chi connectivity index (χ0) is 26.2. The molecule has 0 aliphatic carbocycles. The fourth-order valence-electron chi connectivity index (χ4n) is 3.66. The minimum atomic E-state index is -3.90. The number of amides is 1. The highest BCUT2D eigenvalue weighted by Gasteiger charge is 2.32. The number of anilines is 1. The first kappa shape index (κ1) is 26.0. The Morgan fingerprint density at radius 2 is 1.86 bits per heavy atom. The van der Waals surface area contributed by atoms with Gasteiger partial charge in [-0.1, -0.05) is 17.4 Å². The second kappa shape index (κ2) is 10.1. The summed E-state index contributed by atoms with van der Waals surface area (Å²) in [7, 11) is -3.90. The maximum Gasteiger partial charge on any atom is 0.338 e. The van der Waals surface area contributed by atoms with E-state index in [2.05, 4.69) is 10.3 Å². The van der Waals surface area contributed by atoms with Crippen molar-refractivity contribution in [3.63, 3.8) is 0 Å². The van der Waals surface area contributed by atoms with Crippen LogP contribution in [0.15, 0.2) is 35.2 Å². The molecule has 2 atom stereocenters. The van der Waals surface area contributed by atoms with Crippen LogP contribution >= 0.6 is 11.3 Å². The van der Waals surface area contributed by atoms with Crippen LogP contribution in [0.2, 0.25) is 0 Å². The molecule has 1 N–H and O–H groups in total. The average Bonchev–Trinajstić information content (AvgIpc) is 3.22. The minimum Gasteiger partial charge on any atom is -0.452 e. The molecule has 1 saturated heterocycles. The Morgan fingerprint density at radius 1 is 1.17 bits per heavy atom. The molecule has 1 aliphatic rings. The van der Waals surface area contributed by atoms with Gasteiger partial charge in [-0.3, -0.25) is 10.1 Å². The monoisotopic (exact) mass is 543 g/mol. The largest absolute Gasteiger partial charge is 0.452 e. The average molecular weight is 544 g/mol. The summed E-state index contributed by atoms with van der Waals surface area (Å²) in [5.74, 6) is -6.35. The number of carbonyl (C=O) groups excluding carboxylic acids is 2. The van der Waals surface area contributed by atoms with Crippen molar-refractivity contribution in [1.29, 1.82) is 0 Å². The highest BCUT2D eigenvalue weighted by atomic mass is 32.2. The molecule has 192 valence electrons. The van der Waals surface area contributed by atoms with Gasteiger partial charge in [-0.05, 0) is 38.1 Å². The van der Waals surface area contributed by atoms with Gasteiger partial charge in [-0.2, -0.15) is 4.31 Å². The normalized spacial score (nSPS) is 18.8. The number of hydrogen-bond acceptors (Lipinski definition) is 8. The minimum absolute atomic E-state index is 0.0271. The number of rotatable bonds is 6. The van der Waals surface area contributed by atoms with Crippen LogP contribution in [0.1, 0.15) is 24.2 Å². The summed E-state index contributed by atoms with van der Waals surface area (Å²) in [6.07, 6.45) is -0.583. The molecule has 1 amide bonds. The van der Waals surface area contributed by atoms with Gasteiger partial charge in [0.05, 0.1) is 27.4 Å². The quantitative estimate of drug-likeness (QED) is 0.375. The van der Waals surface area contributed by atoms with Gasteiger partial charge in [0.2, 0.25) is 10.0 Å². The molecule has 9 nitrogen and oxygen atoms in total. The van der Waals surface area contributed by atoms with Crippen LogP contribution in [0.3, 0.4) is 0 Å². The van der Waals surface area contributed by atoms with E-state index in [0.717, 1.165) is 12.1 Å². The number of aromatic nitrogens is 1. The number of esters is 1. The zero-order valence-corrected chi connectivity index (χ0v) is 20.6. The summed E-state index contributed by atoms with van der Waals surface area (Å²) in [6, 6.07) is 5.97. The van der Waals surface area contributed by atoms with Crippen LogP contribution in [0.25, 0.3) is 10.2 Å². The Morgan fingerprint density at radius 3 is 2.56 bits per heavy atom. The zero-order valence-electron chi connectivity index (χ0n) is 19.0. The van der Waals surface area contributed by atoms with Crippen LogP contribution in [0.4, 0.5) is 18.3 Å². The number of halogens is 3. The van der Waals surface area contributed by atoms with Crippen LogP contribution in [0, 0.1) is 17.5 Å². The molecule has 1 fully saturated rings. The number of sulfonamides is 1. The second-order valence-corrected chi connectivity index (χ2v) is 11.1. The van der Waals surface area contributed by atoms with E-state index in [1.165, 1.54) is 22.5 Å². The van der Waals surface area contributed by atoms with Gasteiger partial charge in [-0.25, -0.2) is 31.4 Å². The fourth-order valence-corrected chi connectivity index (χ4v) is 6.20. The lowest BCUT2D eigenvalue weighted by atomic mass is 10.2. The Bertz CT molecular complexity index is 1440. The predicted molar refractivity (Wildman–Crippen MR) is 124 cm³/mol. The number of thiazole rings is 1. The molecule has 0 spiro atoms. The first-order valence-electron chi connectivity index (χ1n) is 10.6. The Balaban J connectivity index is 1.41. The van der Waals surface area contributed by atoms with Crippen LogP contribution in [0.5, 0.6) is 0 Å². The number of nitrogens with zero attached hydrogens (tertiary/aromatic N) is 2. The maximum atomic E-state index is 13.8. The summed E-state index contributed by atoms with van der Waals surface area (Å²) < 4.78 is 78.4. The molecule has 3 aromatic rings. The number of benzene rings is 2. The Kier molecular flexibility index (Phi) is 7.31. The van der Waals surface area contributed by atoms with Gasteiger partial charge in [0, 0.05) is 13.1 Å². The number of ether oxygens (including phenoxy) is 2. The molecule has 2 aromatic carbocycles. The van der Waals surface area contributed by atoms with E-state index in [4.69, 9.17) is 9.47 Å². The van der Waals surface area contributed by atoms with Gasteiger partial charge in [0.25, 0.3) is 5.91 Å². The molecule has 0 saturated carbocycles. The molecule has 14 heteroatoms. The molecule has 4 rings (SSSR count). The van der Waals surface area contributed by atoms with E-state index >= 15 is 0 Å². The third-order valence-electron chi connectivity index (χ3n) is 5.20. The number of carbonyl (C=O) groups is 2. The van der Waals surface area contributed by atoms with E-state index in [1.54, 1.807) is 13.8 Å². The van der Waals surface area contributed by atoms with Crippen molar-refractivity contribution in [2.24, 2.45) is 0 Å². The smallest absolute Gasteiger partial charge is 0.338 e. The summed E-state index contributed by atoms with van der Waals surface area (Å²) in [5, 5.41) is 2.10. The van der Waals surface area contributed by atoms with Gasteiger partial charge in [0.1, 0.15) is 5.52 Å². The molecular formula is C22H20F3N3O6S2. The Hall–Kier alpha value is -3.07. The first-order valence-corrected chi connectivity index (χ1v) is 12.9. The van der Waals surface area contributed by atoms with Crippen LogP contribution in [-0.4, -0.2) is 61.5 Å². The standard InChI is InChI=1S/C22H20F3N3O6S2/c1-11-8-28(9-12(2)34-11)36(31,32)14-5-3-4-13(6-14)21(30)33-10-17(29)26-22-27-20-16(35-22)7-15(23)18(24)19(20)25/h3-7,11-12H,8-10H2,1-2H3,(H,26,27,29). The van der Waals surface area contributed by atoms with E-state index in [0.29, 0.717) is 11.3 Å². The number of nitrogens with one attached hydrogen (secondary N) is 1. The summed E-state index contributed by atoms with van der Waals surface area (Å²) in [5.41, 5.74) is -0.542. The molecular weight excluding hydrogens is 523 g/mol. The lowest BCUT2D eigenvalue weighted by molar-refractivity contribution is -0.119. The molecule has 1 aromatic heterocycles. The Labute approximate surface area is 207 Å². The van der Waals surface area contributed by atoms with Gasteiger partial charge < -0.3 is 9.47 Å². The van der Waals surface area contributed by atoms with Gasteiger partial charge in [-0.15, -0.1) is 0 Å². The summed E-state index contributed by atoms with van der Waals surface area (Å²) in [4.78, 5) is 28.2. The molecule has 2 unspecified atom stereocenters. The first-order chi connectivity index (χ1) is 17.0. The van der Waals surface area contributed by atoms with Crippen molar-refractivity contribution in [3.05, 3.63) is 53.3 Å². The maximum absolute atomic E-state index is 13.8. The number of morpholine rings is 1. The van der Waals surface area contributed by atoms with Crippen molar-refractivity contribution in [2.75, 3.05) is 25.0 Å². The number of hydrogen-bond donors (Lipinski definition) is 1. The predicted octanol–water partition coefficient (Wildman–Crippen LogP) is 3.31. The highest BCUT2D eigenvalue weighted by Crippen LogP contribution is 2.30. The van der Waals surface area contributed by atoms with Crippen molar-refractivity contribution in [1.82, 2.24) is 9.29 Å². The SMILES string of the molecule is CC1CN(S(=O)(=O)c2cccc(C(=O)OCC(=O)Nc3nc4c(F)c(F)c(F)cc4s3)c2)CC(C)O1. The van der Waals surface area contributed by atoms with Gasteiger partial charge >= 0.3 is 5.97 Å². The van der Waals surface area contributed by atoms with Crippen molar-refractivity contribution >= 4 is 48.6 Å². The lowest BCUT2D eigenvalue weighted by Crippen LogP contribution is -2.48. The van der Waals surface area contributed by atoms with Crippen molar-refractivity contribution < 1.29 is 40.7 Å². The fraction of sp³-hybridized carbons (Fsp3) is 0.318. The molecule has 36 heavy (non-hydrogen) atoms. The highest BCUT2D eigenvalue weighted by molar-refractivity contribution is 7.89. The second-order valence-electron chi connectivity index (χ2n) is 8.08. The topological polar surface area (TPSA) is 115 Å². The molecule has 0 bridgehead atoms. The van der Waals surface area contributed by atoms with Crippen LogP contribution < -0.4 is 5.32 Å². The van der Waals surface area contributed by atoms with E-state index < -0.39 is 51.5 Å². The van der Waals surface area contributed by atoms with Crippen molar-refractivity contribution in [2.45, 2.75) is 31.0 Å². The molecule has 1 aliphatic heterocycles. The summed E-state index contributed by atoms with van der Waals surface area (Å²) in [6.45, 7) is 3.08. The number of fused-ring (bicyclic) bond motifs is 1. The van der Waals surface area contributed by atoms with E-state index in [1.807, 2.05) is 0 Å². The third-order valence-corrected chi connectivity index (χ3v) is 7.94. The molecule has 0 radical (unpaired) electrons. The third kappa shape index (κ3) is 5.36. The van der Waals surface area contributed by atoms with Gasteiger partial charge in [0.15, 0.2) is 29.2 Å². The van der Waals surface area contributed by atoms with Crippen LogP contribution in [-0.2, 0) is 24.3 Å². The summed E-state index contributed by atoms with van der Waals surface area (Å²) >= 11 is 0.701. The lowest BCUT2D eigenvalue weighted by Gasteiger charge is -2.34. The molecule has 2 heterocycles. The van der Waals surface area contributed by atoms with Crippen molar-refractivity contribution in [3.8, 4) is 0 Å². The van der Waals surface area contributed by atoms with E-state index in [9.17, 15) is 31.2 Å². The van der Waals surface area contributed by atoms with E-state index in [-0.39, 0.29) is 45.6 Å².